The zero-order chi connectivity index (χ0) is 24.6. The number of alkyl halides is 3. The van der Waals surface area contributed by atoms with Gasteiger partial charge in [-0.3, -0.25) is 4.79 Å². The van der Waals surface area contributed by atoms with Gasteiger partial charge in [-0.15, -0.1) is 0 Å². The lowest BCUT2D eigenvalue weighted by molar-refractivity contribution is -0.137. The zero-order valence-corrected chi connectivity index (χ0v) is 17.1. The van der Waals surface area contributed by atoms with Crippen molar-refractivity contribution >= 4 is 34.9 Å². The van der Waals surface area contributed by atoms with Gasteiger partial charge >= 0.3 is 12.2 Å². The number of nitrogen functional groups attached to an aromatic ring is 1. The highest BCUT2D eigenvalue weighted by molar-refractivity contribution is 5.97. The van der Waals surface area contributed by atoms with Crippen molar-refractivity contribution < 1.29 is 31.5 Å². The zero-order valence-electron chi connectivity index (χ0n) is 17.1. The Balaban J connectivity index is 1.59. The van der Waals surface area contributed by atoms with Crippen LogP contribution in [-0.2, 0) is 6.18 Å². The van der Waals surface area contributed by atoms with E-state index in [4.69, 9.17) is 5.73 Å². The summed E-state index contributed by atoms with van der Waals surface area (Å²) >= 11 is 0. The number of carbonyl (C=O) groups excluding carboxylic acids is 2. The van der Waals surface area contributed by atoms with E-state index in [0.29, 0.717) is 41.1 Å². The highest BCUT2D eigenvalue weighted by Crippen LogP contribution is 2.36. The van der Waals surface area contributed by atoms with Gasteiger partial charge < -0.3 is 16.4 Å². The predicted octanol–water partition coefficient (Wildman–Crippen LogP) is 4.46. The number of nitrogens with zero attached hydrogens (tertiary/aromatic N) is 3. The summed E-state index contributed by atoms with van der Waals surface area (Å²) in [7, 11) is 0. The van der Waals surface area contributed by atoms with Crippen LogP contribution in [0.1, 0.15) is 34.3 Å². The average molecular weight is 478 g/mol. The lowest BCUT2D eigenvalue weighted by Crippen LogP contribution is -2.30. The van der Waals surface area contributed by atoms with Crippen molar-refractivity contribution in [3.63, 3.8) is 0 Å². The van der Waals surface area contributed by atoms with E-state index in [1.807, 2.05) is 5.32 Å². The number of amides is 2. The molecule has 3 aromatic rings. The monoisotopic (exact) mass is 478 g/mol. The molecule has 4 rings (SSSR count). The topological polar surface area (TPSA) is 114 Å². The minimum absolute atomic E-state index is 0.0284. The number of allylic oxidation sites excluding steroid dienone is 4. The number of nitrogens with two attached hydrogens (primary N) is 1. The predicted molar refractivity (Wildman–Crippen MR) is 112 cm³/mol. The molecule has 1 aliphatic carbocycles. The SMILES string of the molecule is Nc1ncnn2cc(C=O)c(C3=CC(F)=C(NC(=O)Nc4cc(C(F)(F)F)ccc4F)CC3)c12. The van der Waals surface area contributed by atoms with Gasteiger partial charge in [-0.05, 0) is 42.7 Å². The third kappa shape index (κ3) is 4.31. The number of rotatable bonds is 4. The molecule has 34 heavy (non-hydrogen) atoms. The van der Waals surface area contributed by atoms with Crippen molar-refractivity contribution in [2.24, 2.45) is 0 Å². The summed E-state index contributed by atoms with van der Waals surface area (Å²) < 4.78 is 68.5. The Hall–Kier alpha value is -4.29. The van der Waals surface area contributed by atoms with Gasteiger partial charge in [0.2, 0.25) is 0 Å². The molecule has 2 amide bonds. The van der Waals surface area contributed by atoms with Crippen LogP contribution in [0.4, 0.5) is 38.3 Å². The smallest absolute Gasteiger partial charge is 0.382 e. The molecule has 0 aliphatic heterocycles. The van der Waals surface area contributed by atoms with Crippen LogP contribution in [-0.4, -0.2) is 26.9 Å². The van der Waals surface area contributed by atoms with Gasteiger partial charge in [0.25, 0.3) is 0 Å². The molecule has 0 spiro atoms. The lowest BCUT2D eigenvalue weighted by atomic mass is 9.93. The van der Waals surface area contributed by atoms with Gasteiger partial charge in [-0.1, -0.05) is 0 Å². The summed E-state index contributed by atoms with van der Waals surface area (Å²) in [6, 6.07) is 0.409. The number of hydrogen-bond donors (Lipinski definition) is 3. The number of anilines is 2. The molecule has 0 bridgehead atoms. The second-order valence-corrected chi connectivity index (χ2v) is 7.28. The summed E-state index contributed by atoms with van der Waals surface area (Å²) in [5, 5.41) is 8.11. The molecule has 0 saturated carbocycles. The largest absolute Gasteiger partial charge is 0.416 e. The molecule has 0 atom stereocenters. The van der Waals surface area contributed by atoms with Crippen LogP contribution in [0.5, 0.6) is 0 Å². The van der Waals surface area contributed by atoms with Crippen LogP contribution >= 0.6 is 0 Å². The second kappa shape index (κ2) is 8.57. The number of urea groups is 1. The number of halogens is 5. The Morgan fingerprint density at radius 3 is 2.62 bits per heavy atom. The molecule has 0 unspecified atom stereocenters. The Kier molecular flexibility index (Phi) is 5.77. The molecule has 13 heteroatoms. The molecule has 8 nitrogen and oxygen atoms in total. The van der Waals surface area contributed by atoms with E-state index in [-0.39, 0.29) is 29.9 Å². The highest BCUT2D eigenvalue weighted by Gasteiger charge is 2.31. The first-order valence-electron chi connectivity index (χ1n) is 9.70. The summed E-state index contributed by atoms with van der Waals surface area (Å²) in [6.45, 7) is 0. The van der Waals surface area contributed by atoms with Crippen LogP contribution in [0.3, 0.4) is 0 Å². The fourth-order valence-electron chi connectivity index (χ4n) is 3.58. The molecule has 0 radical (unpaired) electrons. The fraction of sp³-hybridized carbons (Fsp3) is 0.143. The summed E-state index contributed by atoms with van der Waals surface area (Å²) in [6.07, 6.45) is -0.310. The quantitative estimate of drug-likeness (QED) is 0.378. The van der Waals surface area contributed by atoms with Crippen molar-refractivity contribution in [1.82, 2.24) is 19.9 Å². The minimum Gasteiger partial charge on any atom is -0.382 e. The van der Waals surface area contributed by atoms with E-state index in [1.165, 1.54) is 17.0 Å². The molecule has 2 heterocycles. The van der Waals surface area contributed by atoms with Crippen LogP contribution in [0.2, 0.25) is 0 Å². The van der Waals surface area contributed by atoms with Crippen molar-refractivity contribution in [3.8, 4) is 0 Å². The summed E-state index contributed by atoms with van der Waals surface area (Å²) in [5.74, 6) is -1.87. The molecule has 4 N–H and O–H groups in total. The van der Waals surface area contributed by atoms with E-state index in [1.54, 1.807) is 0 Å². The van der Waals surface area contributed by atoms with Crippen molar-refractivity contribution in [2.75, 3.05) is 11.1 Å². The van der Waals surface area contributed by atoms with E-state index < -0.39 is 35.1 Å². The second-order valence-electron chi connectivity index (χ2n) is 7.28. The Morgan fingerprint density at radius 1 is 1.18 bits per heavy atom. The standard InChI is InChI=1S/C21H15F5N6O2/c22-13-3-2-12(21(24,25)26)6-16(13)31-20(34)30-15-4-1-10(5-14(15)23)17-11(8-33)7-32-18(17)19(27)28-9-29-32/h2-3,5-9H,1,4H2,(H2,27,28,29)(H2,30,31,34). The maximum Gasteiger partial charge on any atom is 0.416 e. The van der Waals surface area contributed by atoms with Crippen LogP contribution in [0.25, 0.3) is 11.1 Å². The van der Waals surface area contributed by atoms with Gasteiger partial charge in [0.15, 0.2) is 12.1 Å². The van der Waals surface area contributed by atoms with E-state index >= 15 is 0 Å². The van der Waals surface area contributed by atoms with E-state index in [9.17, 15) is 31.5 Å². The summed E-state index contributed by atoms with van der Waals surface area (Å²) in [5.41, 5.74) is 5.12. The molecule has 176 valence electrons. The number of nitrogens with one attached hydrogen (secondary N) is 2. The Morgan fingerprint density at radius 2 is 1.94 bits per heavy atom. The van der Waals surface area contributed by atoms with Gasteiger partial charge in [0.05, 0.1) is 16.9 Å². The third-order valence-corrected chi connectivity index (χ3v) is 5.12. The normalized spacial score (nSPS) is 14.2. The first kappa shape index (κ1) is 22.9. The summed E-state index contributed by atoms with van der Waals surface area (Å²) in [4.78, 5) is 27.6. The van der Waals surface area contributed by atoms with Gasteiger partial charge in [-0.25, -0.2) is 23.1 Å². The average Bonchev–Trinajstić information content (AvgIpc) is 3.16. The fourth-order valence-corrected chi connectivity index (χ4v) is 3.58. The van der Waals surface area contributed by atoms with Crippen LogP contribution in [0.15, 0.2) is 48.3 Å². The van der Waals surface area contributed by atoms with Gasteiger partial charge in [-0.2, -0.15) is 18.3 Å². The number of aldehydes is 1. The van der Waals surface area contributed by atoms with Crippen molar-refractivity contribution in [3.05, 3.63) is 70.8 Å². The first-order valence-corrected chi connectivity index (χ1v) is 9.70. The van der Waals surface area contributed by atoms with Crippen molar-refractivity contribution in [1.29, 1.82) is 0 Å². The molecule has 2 aromatic heterocycles. The Bertz CT molecular complexity index is 1380. The van der Waals surface area contributed by atoms with E-state index in [2.05, 4.69) is 15.4 Å². The molecule has 0 fully saturated rings. The minimum atomic E-state index is -4.74. The van der Waals surface area contributed by atoms with Gasteiger partial charge in [0.1, 0.15) is 23.5 Å². The maximum absolute atomic E-state index is 14.8. The Labute approximate surface area is 188 Å². The third-order valence-electron chi connectivity index (χ3n) is 5.12. The first-order chi connectivity index (χ1) is 16.1. The highest BCUT2D eigenvalue weighted by atomic mass is 19.4. The molecule has 1 aromatic carbocycles. The van der Waals surface area contributed by atoms with Crippen molar-refractivity contribution in [2.45, 2.75) is 19.0 Å². The number of carbonyl (C=O) groups is 2. The molecule has 0 saturated heterocycles. The molecular weight excluding hydrogens is 463 g/mol. The van der Waals surface area contributed by atoms with Gasteiger partial charge in [0, 0.05) is 17.3 Å². The molecular formula is C21H15F5N6O2. The number of aromatic nitrogens is 3. The maximum atomic E-state index is 14.8. The number of fused-ring (bicyclic) bond motifs is 1. The lowest BCUT2D eigenvalue weighted by Gasteiger charge is -2.18. The van der Waals surface area contributed by atoms with Crippen LogP contribution in [0, 0.1) is 5.82 Å². The van der Waals surface area contributed by atoms with Crippen LogP contribution < -0.4 is 16.4 Å². The number of benzene rings is 1. The number of hydrogen-bond acceptors (Lipinski definition) is 5. The van der Waals surface area contributed by atoms with E-state index in [0.717, 1.165) is 6.08 Å². The molecule has 1 aliphatic rings.